The van der Waals surface area contributed by atoms with Crippen LogP contribution in [0.3, 0.4) is 0 Å². The maximum Gasteiger partial charge on any atom is 0.145 e. The van der Waals surface area contributed by atoms with Crippen LogP contribution in [-0.4, -0.2) is 12.1 Å². The molecule has 14 heavy (non-hydrogen) atoms. The monoisotopic (exact) mass is 217 g/mol. The molecule has 2 atom stereocenters. The molecule has 0 saturated heterocycles. The molecule has 4 heteroatoms. The Morgan fingerprint density at radius 2 is 2.07 bits per heavy atom. The van der Waals surface area contributed by atoms with E-state index in [0.717, 1.165) is 0 Å². The summed E-state index contributed by atoms with van der Waals surface area (Å²) in [6.45, 7) is 3.66. The number of rotatable bonds is 3. The van der Waals surface area contributed by atoms with Gasteiger partial charge in [-0.05, 0) is 26.0 Å². The molecule has 0 saturated carbocycles. The zero-order valence-corrected chi connectivity index (χ0v) is 8.88. The van der Waals surface area contributed by atoms with Crippen molar-refractivity contribution in [3.8, 4) is 5.75 Å². The van der Waals surface area contributed by atoms with Gasteiger partial charge in [0.15, 0.2) is 0 Å². The molecule has 0 aromatic heterocycles. The highest BCUT2D eigenvalue weighted by Crippen LogP contribution is 2.21. The van der Waals surface area contributed by atoms with Crippen LogP contribution in [0, 0.1) is 5.82 Å². The van der Waals surface area contributed by atoms with Crippen LogP contribution in [0.1, 0.15) is 13.8 Å². The first-order chi connectivity index (χ1) is 6.50. The second kappa shape index (κ2) is 4.62. The summed E-state index contributed by atoms with van der Waals surface area (Å²) in [6, 6.07) is 4.22. The minimum atomic E-state index is -0.485. The van der Waals surface area contributed by atoms with E-state index in [4.69, 9.17) is 22.1 Å². The number of halogens is 2. The Morgan fingerprint density at radius 3 is 2.57 bits per heavy atom. The number of benzene rings is 1. The molecular formula is C10H13ClFNO. The molecular weight excluding hydrogens is 205 g/mol. The molecule has 78 valence electrons. The second-order valence-corrected chi connectivity index (χ2v) is 3.67. The first kappa shape index (κ1) is 11.3. The zero-order valence-electron chi connectivity index (χ0n) is 8.13. The van der Waals surface area contributed by atoms with Crippen LogP contribution in [0.2, 0.25) is 5.02 Å². The fourth-order valence-electron chi connectivity index (χ4n) is 0.872. The van der Waals surface area contributed by atoms with Crippen LogP contribution < -0.4 is 10.5 Å². The van der Waals surface area contributed by atoms with Gasteiger partial charge in [-0.3, -0.25) is 0 Å². The summed E-state index contributed by atoms with van der Waals surface area (Å²) in [7, 11) is 0. The maximum absolute atomic E-state index is 13.0. The lowest BCUT2D eigenvalue weighted by molar-refractivity contribution is 0.196. The number of nitrogens with two attached hydrogens (primary N) is 1. The van der Waals surface area contributed by atoms with Crippen molar-refractivity contribution in [2.45, 2.75) is 26.0 Å². The largest absolute Gasteiger partial charge is 0.489 e. The Bertz CT molecular complexity index is 317. The van der Waals surface area contributed by atoms with Gasteiger partial charge in [-0.1, -0.05) is 11.6 Å². The lowest BCUT2D eigenvalue weighted by Crippen LogP contribution is -2.33. The molecule has 1 aromatic rings. The molecule has 0 aliphatic heterocycles. The molecule has 0 amide bonds. The lowest BCUT2D eigenvalue weighted by Gasteiger charge is -2.17. The van der Waals surface area contributed by atoms with Gasteiger partial charge in [0.05, 0.1) is 5.02 Å². The summed E-state index contributed by atoms with van der Waals surface area (Å²) in [5, 5.41) is 0.0887. The van der Waals surface area contributed by atoms with Crippen LogP contribution in [0.4, 0.5) is 4.39 Å². The van der Waals surface area contributed by atoms with Gasteiger partial charge in [0.1, 0.15) is 17.7 Å². The SMILES string of the molecule is CC(Oc1ccc(Cl)c(F)c1)[C@H](C)N. The number of hydrogen-bond donors (Lipinski definition) is 1. The molecule has 2 nitrogen and oxygen atoms in total. The van der Waals surface area contributed by atoms with E-state index in [-0.39, 0.29) is 17.2 Å². The van der Waals surface area contributed by atoms with Gasteiger partial charge in [0.2, 0.25) is 0 Å². The van der Waals surface area contributed by atoms with Gasteiger partial charge >= 0.3 is 0 Å². The molecule has 0 aliphatic carbocycles. The average Bonchev–Trinajstić information content (AvgIpc) is 2.11. The third-order valence-corrected chi connectivity index (χ3v) is 2.26. The summed E-state index contributed by atoms with van der Waals surface area (Å²) < 4.78 is 18.4. The Kier molecular flexibility index (Phi) is 3.72. The fourth-order valence-corrected chi connectivity index (χ4v) is 0.990. The van der Waals surface area contributed by atoms with E-state index in [9.17, 15) is 4.39 Å². The molecule has 0 heterocycles. The normalized spacial score (nSPS) is 14.9. The standard InChI is InChI=1S/C10H13ClFNO/c1-6(13)7(2)14-8-3-4-9(11)10(12)5-8/h3-7H,13H2,1-2H3/t6-,7?/m0/s1. The third-order valence-electron chi connectivity index (χ3n) is 1.95. The van der Waals surface area contributed by atoms with Gasteiger partial charge in [0, 0.05) is 12.1 Å². The summed E-state index contributed by atoms with van der Waals surface area (Å²) in [5.41, 5.74) is 5.61. The molecule has 0 radical (unpaired) electrons. The quantitative estimate of drug-likeness (QED) is 0.845. The number of ether oxygens (including phenoxy) is 1. The Morgan fingerprint density at radius 1 is 1.43 bits per heavy atom. The molecule has 0 aliphatic rings. The first-order valence-electron chi connectivity index (χ1n) is 4.38. The predicted octanol–water partition coefficient (Wildman–Crippen LogP) is 2.59. The molecule has 0 spiro atoms. The fraction of sp³-hybridized carbons (Fsp3) is 0.400. The van der Waals surface area contributed by atoms with Gasteiger partial charge in [-0.2, -0.15) is 0 Å². The predicted molar refractivity (Wildman–Crippen MR) is 55.1 cm³/mol. The van der Waals surface area contributed by atoms with Crippen molar-refractivity contribution < 1.29 is 9.13 Å². The smallest absolute Gasteiger partial charge is 0.145 e. The molecule has 1 aromatic carbocycles. The van der Waals surface area contributed by atoms with Crippen molar-refractivity contribution in [2.24, 2.45) is 5.73 Å². The minimum absolute atomic E-state index is 0.0887. The van der Waals surface area contributed by atoms with Crippen molar-refractivity contribution in [2.75, 3.05) is 0 Å². The topological polar surface area (TPSA) is 35.2 Å². The van der Waals surface area contributed by atoms with Crippen molar-refractivity contribution in [3.63, 3.8) is 0 Å². The average molecular weight is 218 g/mol. The first-order valence-corrected chi connectivity index (χ1v) is 4.76. The molecule has 0 bridgehead atoms. The summed E-state index contributed by atoms with van der Waals surface area (Å²) in [6.07, 6.45) is -0.157. The minimum Gasteiger partial charge on any atom is -0.489 e. The lowest BCUT2D eigenvalue weighted by atomic mass is 10.2. The highest BCUT2D eigenvalue weighted by molar-refractivity contribution is 6.30. The van der Waals surface area contributed by atoms with Crippen LogP contribution in [-0.2, 0) is 0 Å². The Hall–Kier alpha value is -0.800. The van der Waals surface area contributed by atoms with Crippen molar-refractivity contribution in [1.29, 1.82) is 0 Å². The van der Waals surface area contributed by atoms with Crippen LogP contribution >= 0.6 is 11.6 Å². The van der Waals surface area contributed by atoms with Gasteiger partial charge < -0.3 is 10.5 Å². The van der Waals surface area contributed by atoms with E-state index in [2.05, 4.69) is 0 Å². The molecule has 1 rings (SSSR count). The van der Waals surface area contributed by atoms with Gasteiger partial charge in [-0.25, -0.2) is 4.39 Å². The van der Waals surface area contributed by atoms with Crippen molar-refractivity contribution in [1.82, 2.24) is 0 Å². The summed E-state index contributed by atoms with van der Waals surface area (Å²) >= 11 is 5.52. The Labute approximate surface area is 87.8 Å². The van der Waals surface area contributed by atoms with E-state index in [1.165, 1.54) is 12.1 Å². The second-order valence-electron chi connectivity index (χ2n) is 3.26. The van der Waals surface area contributed by atoms with Crippen LogP contribution in [0.15, 0.2) is 18.2 Å². The van der Waals surface area contributed by atoms with E-state index in [1.54, 1.807) is 6.07 Å². The van der Waals surface area contributed by atoms with Crippen molar-refractivity contribution >= 4 is 11.6 Å². The highest BCUT2D eigenvalue weighted by atomic mass is 35.5. The van der Waals surface area contributed by atoms with E-state index < -0.39 is 5.82 Å². The van der Waals surface area contributed by atoms with Crippen LogP contribution in [0.5, 0.6) is 5.75 Å². The Balaban J connectivity index is 2.73. The maximum atomic E-state index is 13.0. The van der Waals surface area contributed by atoms with Gasteiger partial charge in [-0.15, -0.1) is 0 Å². The zero-order chi connectivity index (χ0) is 10.7. The van der Waals surface area contributed by atoms with E-state index >= 15 is 0 Å². The summed E-state index contributed by atoms with van der Waals surface area (Å²) in [5.74, 6) is -0.0438. The third kappa shape index (κ3) is 2.86. The summed E-state index contributed by atoms with van der Waals surface area (Å²) in [4.78, 5) is 0. The van der Waals surface area contributed by atoms with E-state index in [0.29, 0.717) is 5.75 Å². The molecule has 1 unspecified atom stereocenters. The van der Waals surface area contributed by atoms with E-state index in [1.807, 2.05) is 13.8 Å². The highest BCUT2D eigenvalue weighted by Gasteiger charge is 2.10. The van der Waals surface area contributed by atoms with Gasteiger partial charge in [0.25, 0.3) is 0 Å². The number of hydrogen-bond acceptors (Lipinski definition) is 2. The molecule has 2 N–H and O–H groups in total. The molecule has 0 fully saturated rings. The van der Waals surface area contributed by atoms with Crippen molar-refractivity contribution in [3.05, 3.63) is 29.0 Å². The van der Waals surface area contributed by atoms with Crippen LogP contribution in [0.25, 0.3) is 0 Å².